The topological polar surface area (TPSA) is 138 Å². The maximum Gasteiger partial charge on any atom is 0.316 e. The lowest BCUT2D eigenvalue weighted by atomic mass is 9.87. The molecule has 10 nitrogen and oxygen atoms in total. The molecule has 2 aliphatic heterocycles. The number of aliphatic hydroxyl groups is 2. The quantitative estimate of drug-likeness (QED) is 0.347. The SMILES string of the molecule is NC(=O)N1CNCC12CCN(C(=O)c1ccc(OCc3ccc4cc(OC[C@H](O)CO)ccc4c3)cc1)CC2. The molecule has 39 heavy (non-hydrogen) atoms. The Morgan fingerprint density at radius 2 is 1.67 bits per heavy atom. The van der Waals surface area contributed by atoms with Gasteiger partial charge in [0.2, 0.25) is 0 Å². The van der Waals surface area contributed by atoms with Crippen molar-refractivity contribution in [3.05, 3.63) is 71.8 Å². The van der Waals surface area contributed by atoms with Crippen molar-refractivity contribution in [1.29, 1.82) is 0 Å². The van der Waals surface area contributed by atoms with Crippen LogP contribution in [0.3, 0.4) is 0 Å². The van der Waals surface area contributed by atoms with Crippen LogP contribution in [0.15, 0.2) is 60.7 Å². The lowest BCUT2D eigenvalue weighted by Gasteiger charge is -2.43. The second kappa shape index (κ2) is 11.5. The van der Waals surface area contributed by atoms with Gasteiger partial charge in [-0.05, 0) is 71.6 Å². The normalized spacial score (nSPS) is 17.4. The van der Waals surface area contributed by atoms with E-state index in [9.17, 15) is 14.7 Å². The van der Waals surface area contributed by atoms with Crippen LogP contribution in [-0.2, 0) is 6.61 Å². The van der Waals surface area contributed by atoms with Crippen molar-refractivity contribution < 1.29 is 29.3 Å². The van der Waals surface area contributed by atoms with Gasteiger partial charge in [-0.25, -0.2) is 4.79 Å². The fraction of sp³-hybridized carbons (Fsp3) is 0.379. The number of hydrogen-bond donors (Lipinski definition) is 4. The average Bonchev–Trinajstić information content (AvgIpc) is 3.38. The molecule has 2 saturated heterocycles. The van der Waals surface area contributed by atoms with Gasteiger partial charge in [0.25, 0.3) is 5.91 Å². The molecule has 3 amide bonds. The smallest absolute Gasteiger partial charge is 0.316 e. The number of likely N-dealkylation sites (tertiary alicyclic amines) is 1. The van der Waals surface area contributed by atoms with E-state index < -0.39 is 12.1 Å². The zero-order chi connectivity index (χ0) is 27.4. The number of fused-ring (bicyclic) bond motifs is 1. The van der Waals surface area contributed by atoms with Gasteiger partial charge < -0.3 is 35.2 Å². The van der Waals surface area contributed by atoms with Gasteiger partial charge in [0.15, 0.2) is 0 Å². The summed E-state index contributed by atoms with van der Waals surface area (Å²) >= 11 is 0. The predicted octanol–water partition coefficient (Wildman–Crippen LogP) is 2.07. The maximum atomic E-state index is 13.1. The monoisotopic (exact) mass is 534 g/mol. The number of ether oxygens (including phenoxy) is 2. The highest BCUT2D eigenvalue weighted by atomic mass is 16.5. The number of hydrogen-bond acceptors (Lipinski definition) is 7. The standard InChI is InChI=1S/C29H34N4O6/c30-28(37)33-19-31-18-29(33)9-11-32(12-10-29)27(36)21-3-6-25(7-4-21)38-16-20-1-2-23-14-26(8-5-22(23)13-20)39-17-24(35)15-34/h1-8,13-14,24,31,34-35H,9-12,15-19H2,(H2,30,37)/t24-/m1/s1. The molecule has 0 unspecified atom stereocenters. The third kappa shape index (κ3) is 5.93. The first kappa shape index (κ1) is 26.7. The van der Waals surface area contributed by atoms with E-state index >= 15 is 0 Å². The zero-order valence-electron chi connectivity index (χ0n) is 21.7. The summed E-state index contributed by atoms with van der Waals surface area (Å²) in [6.45, 7) is 2.37. The van der Waals surface area contributed by atoms with Crippen molar-refractivity contribution in [3.8, 4) is 11.5 Å². The minimum absolute atomic E-state index is 0.0308. The van der Waals surface area contributed by atoms with Crippen molar-refractivity contribution in [2.75, 3.05) is 39.5 Å². The highest BCUT2D eigenvalue weighted by molar-refractivity contribution is 5.94. The van der Waals surface area contributed by atoms with Crippen molar-refractivity contribution >= 4 is 22.7 Å². The molecule has 1 atom stereocenters. The second-order valence-corrected chi connectivity index (χ2v) is 10.2. The molecule has 206 valence electrons. The molecule has 3 aromatic rings. The van der Waals surface area contributed by atoms with Gasteiger partial charge in [0, 0.05) is 25.2 Å². The summed E-state index contributed by atoms with van der Waals surface area (Å²) in [5.74, 6) is 1.27. The fourth-order valence-corrected chi connectivity index (χ4v) is 5.29. The minimum Gasteiger partial charge on any atom is -0.491 e. The number of piperidine rings is 1. The Hall–Kier alpha value is -3.86. The van der Waals surface area contributed by atoms with Crippen LogP contribution in [0.25, 0.3) is 10.8 Å². The van der Waals surface area contributed by atoms with Gasteiger partial charge in [0.05, 0.1) is 18.8 Å². The summed E-state index contributed by atoms with van der Waals surface area (Å²) in [5, 5.41) is 23.6. The summed E-state index contributed by atoms with van der Waals surface area (Å²) < 4.78 is 11.5. The molecule has 2 heterocycles. The Kier molecular flexibility index (Phi) is 7.87. The molecule has 5 N–H and O–H groups in total. The van der Waals surface area contributed by atoms with Crippen LogP contribution in [0.5, 0.6) is 11.5 Å². The van der Waals surface area contributed by atoms with E-state index in [1.54, 1.807) is 29.2 Å². The number of aliphatic hydroxyl groups excluding tert-OH is 2. The van der Waals surface area contributed by atoms with Gasteiger partial charge in [-0.2, -0.15) is 0 Å². The van der Waals surface area contributed by atoms with Crippen molar-refractivity contribution in [3.63, 3.8) is 0 Å². The molecule has 0 bridgehead atoms. The number of carbonyl (C=O) groups is 2. The van der Waals surface area contributed by atoms with E-state index in [4.69, 9.17) is 20.3 Å². The van der Waals surface area contributed by atoms with E-state index in [1.807, 2.05) is 41.3 Å². The van der Waals surface area contributed by atoms with E-state index in [0.717, 1.165) is 16.3 Å². The molecule has 0 aromatic heterocycles. The lowest BCUT2D eigenvalue weighted by Crippen LogP contribution is -2.57. The average molecular weight is 535 g/mol. The first-order chi connectivity index (χ1) is 18.9. The van der Waals surface area contributed by atoms with Crippen molar-refractivity contribution in [2.24, 2.45) is 5.73 Å². The second-order valence-electron chi connectivity index (χ2n) is 10.2. The van der Waals surface area contributed by atoms with Gasteiger partial charge in [0.1, 0.15) is 30.8 Å². The van der Waals surface area contributed by atoms with Gasteiger partial charge in [-0.3, -0.25) is 10.1 Å². The molecule has 5 rings (SSSR count). The van der Waals surface area contributed by atoms with Gasteiger partial charge in [-0.1, -0.05) is 18.2 Å². The first-order valence-electron chi connectivity index (χ1n) is 13.1. The van der Waals surface area contributed by atoms with E-state index in [1.165, 1.54) is 0 Å². The molecule has 0 saturated carbocycles. The molecular formula is C29H34N4O6. The maximum absolute atomic E-state index is 13.1. The summed E-state index contributed by atoms with van der Waals surface area (Å²) in [7, 11) is 0. The molecule has 2 fully saturated rings. The number of nitrogens with zero attached hydrogens (tertiary/aromatic N) is 2. The number of nitrogens with one attached hydrogen (secondary N) is 1. The number of urea groups is 1. The highest BCUT2D eigenvalue weighted by Gasteiger charge is 2.45. The Balaban J connectivity index is 1.14. The lowest BCUT2D eigenvalue weighted by molar-refractivity contribution is 0.0536. The third-order valence-corrected chi connectivity index (χ3v) is 7.58. The third-order valence-electron chi connectivity index (χ3n) is 7.58. The number of benzene rings is 3. The summed E-state index contributed by atoms with van der Waals surface area (Å²) in [6, 6.07) is 18.4. The molecule has 0 aliphatic carbocycles. The predicted molar refractivity (Wildman–Crippen MR) is 145 cm³/mol. The number of nitrogens with two attached hydrogens (primary N) is 1. The molecule has 3 aromatic carbocycles. The number of carbonyl (C=O) groups excluding carboxylic acids is 2. The minimum atomic E-state index is -0.907. The van der Waals surface area contributed by atoms with Crippen LogP contribution in [0.1, 0.15) is 28.8 Å². The Labute approximate surface area is 226 Å². The van der Waals surface area contributed by atoms with Crippen LogP contribution in [0.2, 0.25) is 0 Å². The summed E-state index contributed by atoms with van der Waals surface area (Å²) in [4.78, 5) is 28.4. The van der Waals surface area contributed by atoms with Crippen LogP contribution < -0.4 is 20.5 Å². The number of rotatable bonds is 8. The molecule has 1 spiro atoms. The fourth-order valence-electron chi connectivity index (χ4n) is 5.29. The van der Waals surface area contributed by atoms with Gasteiger partial charge >= 0.3 is 6.03 Å². The van der Waals surface area contributed by atoms with Crippen LogP contribution in [0.4, 0.5) is 4.79 Å². The number of amides is 3. The van der Waals surface area contributed by atoms with Crippen LogP contribution in [-0.4, -0.2) is 83.1 Å². The van der Waals surface area contributed by atoms with Crippen LogP contribution >= 0.6 is 0 Å². The summed E-state index contributed by atoms with van der Waals surface area (Å²) in [5.41, 5.74) is 6.85. The van der Waals surface area contributed by atoms with Crippen molar-refractivity contribution in [1.82, 2.24) is 15.1 Å². The van der Waals surface area contributed by atoms with E-state index in [2.05, 4.69) is 5.32 Å². The Morgan fingerprint density at radius 3 is 2.38 bits per heavy atom. The largest absolute Gasteiger partial charge is 0.491 e. The zero-order valence-corrected chi connectivity index (χ0v) is 21.7. The van der Waals surface area contributed by atoms with E-state index in [-0.39, 0.29) is 24.7 Å². The van der Waals surface area contributed by atoms with Crippen molar-refractivity contribution in [2.45, 2.75) is 31.1 Å². The van der Waals surface area contributed by atoms with Crippen LogP contribution in [0, 0.1) is 0 Å². The Bertz CT molecular complexity index is 1320. The van der Waals surface area contributed by atoms with Gasteiger partial charge in [-0.15, -0.1) is 0 Å². The first-order valence-corrected chi connectivity index (χ1v) is 13.1. The molecule has 2 aliphatic rings. The Morgan fingerprint density at radius 1 is 0.974 bits per heavy atom. The molecular weight excluding hydrogens is 500 g/mol. The number of primary amides is 1. The highest BCUT2D eigenvalue weighted by Crippen LogP contribution is 2.32. The summed E-state index contributed by atoms with van der Waals surface area (Å²) in [6.07, 6.45) is 0.487. The van der Waals surface area contributed by atoms with E-state index in [0.29, 0.717) is 62.8 Å². The molecule has 0 radical (unpaired) electrons. The molecule has 10 heteroatoms.